The standard InChI is InChI=1S/C15H22FN3O2/c1-11(10-17-2)15(20)18-13-7-12(16)8-14(9-13)19-3-5-21-6-4-19/h7-9,11,17H,3-6,10H2,1-2H3,(H,18,20). The molecule has 0 bridgehead atoms. The van der Waals surface area contributed by atoms with Gasteiger partial charge in [0.05, 0.1) is 13.2 Å². The minimum absolute atomic E-state index is 0.122. The van der Waals surface area contributed by atoms with Gasteiger partial charge in [0.2, 0.25) is 5.91 Å². The van der Waals surface area contributed by atoms with Crippen LogP contribution in [0.3, 0.4) is 0 Å². The monoisotopic (exact) mass is 295 g/mol. The van der Waals surface area contributed by atoms with Crippen LogP contribution >= 0.6 is 0 Å². The SMILES string of the molecule is CNCC(C)C(=O)Nc1cc(F)cc(N2CCOCC2)c1. The van der Waals surface area contributed by atoms with Gasteiger partial charge in [0.15, 0.2) is 0 Å². The van der Waals surface area contributed by atoms with Crippen molar-refractivity contribution in [1.29, 1.82) is 0 Å². The number of carbonyl (C=O) groups excluding carboxylic acids is 1. The van der Waals surface area contributed by atoms with Crippen molar-refractivity contribution in [1.82, 2.24) is 5.32 Å². The zero-order chi connectivity index (χ0) is 15.2. The fraction of sp³-hybridized carbons (Fsp3) is 0.533. The predicted octanol–water partition coefficient (Wildman–Crippen LogP) is 1.46. The van der Waals surface area contributed by atoms with E-state index in [1.54, 1.807) is 13.1 Å². The summed E-state index contributed by atoms with van der Waals surface area (Å²) in [5.41, 5.74) is 1.26. The fourth-order valence-electron chi connectivity index (χ4n) is 2.31. The lowest BCUT2D eigenvalue weighted by molar-refractivity contribution is -0.119. The highest BCUT2D eigenvalue weighted by atomic mass is 19.1. The molecule has 1 aliphatic heterocycles. The Hall–Kier alpha value is -1.66. The summed E-state index contributed by atoms with van der Waals surface area (Å²) in [6.07, 6.45) is 0. The van der Waals surface area contributed by atoms with Crippen molar-refractivity contribution in [3.8, 4) is 0 Å². The summed E-state index contributed by atoms with van der Waals surface area (Å²) in [7, 11) is 1.79. The molecule has 6 heteroatoms. The first kappa shape index (κ1) is 15.7. The van der Waals surface area contributed by atoms with Crippen molar-refractivity contribution in [2.75, 3.05) is 50.1 Å². The zero-order valence-corrected chi connectivity index (χ0v) is 12.5. The van der Waals surface area contributed by atoms with E-state index in [4.69, 9.17) is 4.74 Å². The number of nitrogens with zero attached hydrogens (tertiary/aromatic N) is 1. The molecule has 2 rings (SSSR count). The molecule has 1 aromatic carbocycles. The second kappa shape index (κ2) is 7.38. The van der Waals surface area contributed by atoms with E-state index in [1.807, 2.05) is 6.92 Å². The van der Waals surface area contributed by atoms with Gasteiger partial charge in [-0.25, -0.2) is 4.39 Å². The molecular weight excluding hydrogens is 273 g/mol. The van der Waals surface area contributed by atoms with Gasteiger partial charge >= 0.3 is 0 Å². The summed E-state index contributed by atoms with van der Waals surface area (Å²) in [5.74, 6) is -0.649. The second-order valence-electron chi connectivity index (χ2n) is 5.25. The average molecular weight is 295 g/mol. The molecule has 1 atom stereocenters. The molecule has 1 unspecified atom stereocenters. The number of rotatable bonds is 5. The van der Waals surface area contributed by atoms with Crippen molar-refractivity contribution in [2.45, 2.75) is 6.92 Å². The molecule has 2 N–H and O–H groups in total. The molecule has 1 fully saturated rings. The topological polar surface area (TPSA) is 53.6 Å². The van der Waals surface area contributed by atoms with Crippen LogP contribution in [0.1, 0.15) is 6.92 Å². The Balaban J connectivity index is 2.09. The van der Waals surface area contributed by atoms with Crippen LogP contribution < -0.4 is 15.5 Å². The summed E-state index contributed by atoms with van der Waals surface area (Å²) in [5, 5.41) is 5.72. The lowest BCUT2D eigenvalue weighted by Crippen LogP contribution is -2.36. The van der Waals surface area contributed by atoms with E-state index in [9.17, 15) is 9.18 Å². The highest BCUT2D eigenvalue weighted by molar-refractivity contribution is 5.93. The first-order chi connectivity index (χ1) is 10.1. The third kappa shape index (κ3) is 4.41. The molecule has 1 heterocycles. The number of hydrogen-bond donors (Lipinski definition) is 2. The van der Waals surface area contributed by atoms with E-state index < -0.39 is 0 Å². The number of amides is 1. The van der Waals surface area contributed by atoms with Crippen molar-refractivity contribution in [3.05, 3.63) is 24.0 Å². The molecule has 0 aliphatic carbocycles. The van der Waals surface area contributed by atoms with Crippen molar-refractivity contribution in [3.63, 3.8) is 0 Å². The Morgan fingerprint density at radius 3 is 2.76 bits per heavy atom. The highest BCUT2D eigenvalue weighted by Crippen LogP contribution is 2.23. The van der Waals surface area contributed by atoms with Gasteiger partial charge < -0.3 is 20.3 Å². The molecule has 116 valence electrons. The number of hydrogen-bond acceptors (Lipinski definition) is 4. The van der Waals surface area contributed by atoms with Gasteiger partial charge in [-0.1, -0.05) is 6.92 Å². The fourth-order valence-corrected chi connectivity index (χ4v) is 2.31. The molecule has 0 radical (unpaired) electrons. The Morgan fingerprint density at radius 1 is 1.38 bits per heavy atom. The smallest absolute Gasteiger partial charge is 0.228 e. The predicted molar refractivity (Wildman–Crippen MR) is 81.2 cm³/mol. The maximum Gasteiger partial charge on any atom is 0.228 e. The lowest BCUT2D eigenvalue weighted by Gasteiger charge is -2.29. The van der Waals surface area contributed by atoms with E-state index in [0.29, 0.717) is 25.4 Å². The first-order valence-corrected chi connectivity index (χ1v) is 7.19. The number of benzene rings is 1. The van der Waals surface area contributed by atoms with Crippen molar-refractivity contribution in [2.24, 2.45) is 5.92 Å². The highest BCUT2D eigenvalue weighted by Gasteiger charge is 2.15. The van der Waals surface area contributed by atoms with Crippen LogP contribution in [0.15, 0.2) is 18.2 Å². The van der Waals surface area contributed by atoms with Crippen LogP contribution in [0, 0.1) is 11.7 Å². The third-order valence-electron chi connectivity index (χ3n) is 3.48. The lowest BCUT2D eigenvalue weighted by atomic mass is 10.1. The molecular formula is C15H22FN3O2. The largest absolute Gasteiger partial charge is 0.378 e. The molecule has 5 nitrogen and oxygen atoms in total. The van der Waals surface area contributed by atoms with Gasteiger partial charge in [0.1, 0.15) is 5.82 Å². The molecule has 1 aromatic rings. The molecule has 1 amide bonds. The summed E-state index contributed by atoms with van der Waals surface area (Å²) in [6, 6.07) is 4.63. The van der Waals surface area contributed by atoms with E-state index in [2.05, 4.69) is 15.5 Å². The Bertz CT molecular complexity index is 490. The minimum Gasteiger partial charge on any atom is -0.378 e. The molecule has 1 aliphatic rings. The maximum atomic E-state index is 13.8. The van der Waals surface area contributed by atoms with Crippen LogP contribution in [0.2, 0.25) is 0 Å². The molecule has 0 aromatic heterocycles. The quantitative estimate of drug-likeness (QED) is 0.863. The first-order valence-electron chi connectivity index (χ1n) is 7.19. The Kier molecular flexibility index (Phi) is 5.52. The number of carbonyl (C=O) groups is 1. The normalized spacial score (nSPS) is 16.6. The van der Waals surface area contributed by atoms with Crippen LogP contribution in [0.4, 0.5) is 15.8 Å². The zero-order valence-electron chi connectivity index (χ0n) is 12.5. The minimum atomic E-state index is -0.351. The van der Waals surface area contributed by atoms with Crippen LogP contribution in [-0.4, -0.2) is 45.8 Å². The van der Waals surface area contributed by atoms with Crippen molar-refractivity contribution < 1.29 is 13.9 Å². The molecule has 0 saturated carbocycles. The van der Waals surface area contributed by atoms with Gasteiger partial charge in [0, 0.05) is 36.9 Å². The number of ether oxygens (including phenoxy) is 1. The summed E-state index contributed by atoms with van der Waals surface area (Å²) >= 11 is 0. The second-order valence-corrected chi connectivity index (χ2v) is 5.25. The van der Waals surface area contributed by atoms with Crippen LogP contribution in [0.25, 0.3) is 0 Å². The molecule has 0 spiro atoms. The van der Waals surface area contributed by atoms with Crippen molar-refractivity contribution >= 4 is 17.3 Å². The summed E-state index contributed by atoms with van der Waals surface area (Å²) in [6.45, 7) is 5.14. The molecule has 1 saturated heterocycles. The Labute approximate surface area is 124 Å². The van der Waals surface area contributed by atoms with E-state index in [1.165, 1.54) is 12.1 Å². The third-order valence-corrected chi connectivity index (χ3v) is 3.48. The van der Waals surface area contributed by atoms with Gasteiger partial charge in [-0.3, -0.25) is 4.79 Å². The number of morpholine rings is 1. The number of nitrogens with one attached hydrogen (secondary N) is 2. The molecule has 21 heavy (non-hydrogen) atoms. The number of halogens is 1. The van der Waals surface area contributed by atoms with Gasteiger partial charge in [-0.05, 0) is 25.2 Å². The van der Waals surface area contributed by atoms with Gasteiger partial charge in [0.25, 0.3) is 0 Å². The van der Waals surface area contributed by atoms with Gasteiger partial charge in [-0.2, -0.15) is 0 Å². The van der Waals surface area contributed by atoms with E-state index in [0.717, 1.165) is 18.8 Å². The van der Waals surface area contributed by atoms with E-state index >= 15 is 0 Å². The maximum absolute atomic E-state index is 13.8. The summed E-state index contributed by atoms with van der Waals surface area (Å²) < 4.78 is 19.1. The number of anilines is 2. The average Bonchev–Trinajstić information content (AvgIpc) is 2.47. The summed E-state index contributed by atoms with van der Waals surface area (Å²) in [4.78, 5) is 14.0. The van der Waals surface area contributed by atoms with E-state index in [-0.39, 0.29) is 17.6 Å². The Morgan fingerprint density at radius 2 is 2.10 bits per heavy atom. The van der Waals surface area contributed by atoms with Crippen LogP contribution in [-0.2, 0) is 9.53 Å². The van der Waals surface area contributed by atoms with Gasteiger partial charge in [-0.15, -0.1) is 0 Å². The van der Waals surface area contributed by atoms with Crippen LogP contribution in [0.5, 0.6) is 0 Å².